The van der Waals surface area contributed by atoms with Crippen molar-refractivity contribution in [2.45, 2.75) is 50.6 Å². The lowest BCUT2D eigenvalue weighted by molar-refractivity contribution is -0.188. The molecule has 1 saturated carbocycles. The number of nitrogens with one attached hydrogen (secondary N) is 1. The number of rotatable bonds is 5. The molecule has 2 unspecified atom stereocenters. The van der Waals surface area contributed by atoms with Crippen LogP contribution in [0.15, 0.2) is 24.5 Å². The quantitative estimate of drug-likeness (QED) is 0.904. The monoisotopic (exact) mass is 288 g/mol. The normalized spacial score (nSPS) is 23.8. The van der Waals surface area contributed by atoms with Gasteiger partial charge in [-0.05, 0) is 37.3 Å². The van der Waals surface area contributed by atoms with Gasteiger partial charge in [0.2, 0.25) is 0 Å². The second kappa shape index (κ2) is 7.04. The molecular weight excluding hydrogens is 269 g/mol. The SMILES string of the molecule is FC(F)(F)COC1CCCC(NCc2cccnc2)C1. The van der Waals surface area contributed by atoms with Crippen LogP contribution in [-0.2, 0) is 11.3 Å². The summed E-state index contributed by atoms with van der Waals surface area (Å²) in [6.07, 6.45) is 2.18. The highest BCUT2D eigenvalue weighted by Gasteiger charge is 2.31. The fourth-order valence-electron chi connectivity index (χ4n) is 2.46. The largest absolute Gasteiger partial charge is 0.411 e. The van der Waals surface area contributed by atoms with Crippen LogP contribution in [0, 0.1) is 0 Å². The van der Waals surface area contributed by atoms with E-state index in [1.165, 1.54) is 0 Å². The van der Waals surface area contributed by atoms with Crippen LogP contribution < -0.4 is 5.32 Å². The molecule has 2 atom stereocenters. The van der Waals surface area contributed by atoms with Crippen molar-refractivity contribution in [3.63, 3.8) is 0 Å². The van der Waals surface area contributed by atoms with E-state index in [-0.39, 0.29) is 12.1 Å². The Morgan fingerprint density at radius 1 is 1.35 bits per heavy atom. The number of aromatic nitrogens is 1. The van der Waals surface area contributed by atoms with Gasteiger partial charge in [-0.3, -0.25) is 4.98 Å². The molecule has 6 heteroatoms. The number of halogens is 3. The molecule has 0 saturated heterocycles. The third-order valence-electron chi connectivity index (χ3n) is 3.43. The van der Waals surface area contributed by atoms with Gasteiger partial charge in [-0.15, -0.1) is 0 Å². The first-order valence-corrected chi connectivity index (χ1v) is 6.83. The van der Waals surface area contributed by atoms with Crippen molar-refractivity contribution < 1.29 is 17.9 Å². The molecule has 0 radical (unpaired) electrons. The Bertz CT molecular complexity index is 397. The summed E-state index contributed by atoms with van der Waals surface area (Å²) < 4.78 is 41.3. The molecule has 0 amide bonds. The summed E-state index contributed by atoms with van der Waals surface area (Å²) in [5.74, 6) is 0. The third kappa shape index (κ3) is 5.46. The number of alkyl halides is 3. The van der Waals surface area contributed by atoms with Gasteiger partial charge in [0.25, 0.3) is 0 Å². The molecule has 1 aromatic rings. The number of pyridine rings is 1. The van der Waals surface area contributed by atoms with Crippen LogP contribution in [0.5, 0.6) is 0 Å². The zero-order valence-corrected chi connectivity index (χ0v) is 11.2. The lowest BCUT2D eigenvalue weighted by Crippen LogP contribution is -2.37. The van der Waals surface area contributed by atoms with Gasteiger partial charge in [0, 0.05) is 25.0 Å². The predicted molar refractivity (Wildman–Crippen MR) is 69.1 cm³/mol. The highest BCUT2D eigenvalue weighted by atomic mass is 19.4. The van der Waals surface area contributed by atoms with E-state index in [4.69, 9.17) is 4.74 Å². The molecule has 0 aliphatic heterocycles. The Kier molecular flexibility index (Phi) is 5.37. The lowest BCUT2D eigenvalue weighted by Gasteiger charge is -2.30. The molecule has 1 aromatic heterocycles. The van der Waals surface area contributed by atoms with Gasteiger partial charge in [-0.25, -0.2) is 0 Å². The maximum absolute atomic E-state index is 12.1. The van der Waals surface area contributed by atoms with E-state index in [1.54, 1.807) is 12.4 Å². The summed E-state index contributed by atoms with van der Waals surface area (Å²) >= 11 is 0. The van der Waals surface area contributed by atoms with Crippen LogP contribution in [0.2, 0.25) is 0 Å². The van der Waals surface area contributed by atoms with Crippen LogP contribution in [0.25, 0.3) is 0 Å². The number of ether oxygens (including phenoxy) is 1. The van der Waals surface area contributed by atoms with Crippen molar-refractivity contribution in [2.75, 3.05) is 6.61 Å². The van der Waals surface area contributed by atoms with Crippen molar-refractivity contribution in [3.05, 3.63) is 30.1 Å². The Labute approximate surface area is 116 Å². The summed E-state index contributed by atoms with van der Waals surface area (Å²) in [4.78, 5) is 4.03. The average Bonchev–Trinajstić information content (AvgIpc) is 2.44. The molecule has 20 heavy (non-hydrogen) atoms. The summed E-state index contributed by atoms with van der Waals surface area (Å²) in [5.41, 5.74) is 1.07. The highest BCUT2D eigenvalue weighted by molar-refractivity contribution is 5.08. The van der Waals surface area contributed by atoms with Gasteiger partial charge in [0.15, 0.2) is 0 Å². The van der Waals surface area contributed by atoms with Gasteiger partial charge in [-0.2, -0.15) is 13.2 Å². The highest BCUT2D eigenvalue weighted by Crippen LogP contribution is 2.24. The molecular formula is C14H19F3N2O. The molecule has 3 nitrogen and oxygen atoms in total. The Balaban J connectivity index is 1.73. The smallest absolute Gasteiger partial charge is 0.369 e. The second-order valence-corrected chi connectivity index (χ2v) is 5.15. The van der Waals surface area contributed by atoms with Crippen LogP contribution >= 0.6 is 0 Å². The number of nitrogens with zero attached hydrogens (tertiary/aromatic N) is 1. The van der Waals surface area contributed by atoms with Crippen molar-refractivity contribution >= 4 is 0 Å². The maximum atomic E-state index is 12.1. The average molecular weight is 288 g/mol. The zero-order valence-electron chi connectivity index (χ0n) is 11.2. The van der Waals surface area contributed by atoms with Crippen LogP contribution in [0.3, 0.4) is 0 Å². The van der Waals surface area contributed by atoms with Crippen molar-refractivity contribution in [2.24, 2.45) is 0 Å². The van der Waals surface area contributed by atoms with Gasteiger partial charge in [0.1, 0.15) is 6.61 Å². The van der Waals surface area contributed by atoms with Crippen molar-refractivity contribution in [1.82, 2.24) is 10.3 Å². The van der Waals surface area contributed by atoms with Crippen LogP contribution in [0.4, 0.5) is 13.2 Å². The molecule has 2 rings (SSSR count). The number of hydrogen-bond donors (Lipinski definition) is 1. The van der Waals surface area contributed by atoms with E-state index >= 15 is 0 Å². The summed E-state index contributed by atoms with van der Waals surface area (Å²) in [5, 5.41) is 3.36. The van der Waals surface area contributed by atoms with Crippen molar-refractivity contribution in [1.29, 1.82) is 0 Å². The molecule has 1 aliphatic carbocycles. The molecule has 0 bridgehead atoms. The first-order valence-electron chi connectivity index (χ1n) is 6.83. The van der Waals surface area contributed by atoms with E-state index in [2.05, 4.69) is 10.3 Å². The van der Waals surface area contributed by atoms with Gasteiger partial charge in [-0.1, -0.05) is 6.07 Å². The fourth-order valence-corrected chi connectivity index (χ4v) is 2.46. The van der Waals surface area contributed by atoms with Crippen LogP contribution in [0.1, 0.15) is 31.2 Å². The minimum absolute atomic E-state index is 0.210. The minimum atomic E-state index is -4.24. The third-order valence-corrected chi connectivity index (χ3v) is 3.43. The van der Waals surface area contributed by atoms with Gasteiger partial charge in [0.05, 0.1) is 6.10 Å². The fraction of sp³-hybridized carbons (Fsp3) is 0.643. The van der Waals surface area contributed by atoms with E-state index < -0.39 is 12.8 Å². The molecule has 0 aromatic carbocycles. The van der Waals surface area contributed by atoms with Gasteiger partial charge < -0.3 is 10.1 Å². The standard InChI is InChI=1S/C14H19F3N2O/c15-14(16,17)10-20-13-5-1-4-12(7-13)19-9-11-3-2-6-18-8-11/h2-3,6,8,12-13,19H,1,4-5,7,9-10H2. The first-order chi connectivity index (χ1) is 9.53. The minimum Gasteiger partial charge on any atom is -0.369 e. The second-order valence-electron chi connectivity index (χ2n) is 5.15. The van der Waals surface area contributed by atoms with E-state index in [0.29, 0.717) is 19.4 Å². The summed E-state index contributed by atoms with van der Waals surface area (Å²) in [6.45, 7) is -0.461. The Hall–Kier alpha value is -1.14. The number of hydrogen-bond acceptors (Lipinski definition) is 3. The Morgan fingerprint density at radius 2 is 2.20 bits per heavy atom. The van der Waals surface area contributed by atoms with Crippen LogP contribution in [-0.4, -0.2) is 29.9 Å². The molecule has 0 spiro atoms. The summed E-state index contributed by atoms with van der Waals surface area (Å²) in [6, 6.07) is 4.05. The molecule has 112 valence electrons. The van der Waals surface area contributed by atoms with E-state index in [1.807, 2.05) is 12.1 Å². The zero-order chi connectivity index (χ0) is 14.4. The first kappa shape index (κ1) is 15.3. The lowest BCUT2D eigenvalue weighted by atomic mass is 9.92. The maximum Gasteiger partial charge on any atom is 0.411 e. The molecule has 1 heterocycles. The molecule has 1 aliphatic rings. The van der Waals surface area contributed by atoms with E-state index in [0.717, 1.165) is 18.4 Å². The van der Waals surface area contributed by atoms with E-state index in [9.17, 15) is 13.2 Å². The summed E-state index contributed by atoms with van der Waals surface area (Å²) in [7, 11) is 0. The molecule has 1 N–H and O–H groups in total. The van der Waals surface area contributed by atoms with Gasteiger partial charge >= 0.3 is 6.18 Å². The Morgan fingerprint density at radius 3 is 2.90 bits per heavy atom. The van der Waals surface area contributed by atoms with Crippen molar-refractivity contribution in [3.8, 4) is 0 Å². The predicted octanol–water partition coefficient (Wildman–Crippen LogP) is 3.06. The molecule has 1 fully saturated rings. The topological polar surface area (TPSA) is 34.1 Å².